The molecule has 96 valence electrons. The molecule has 2 heterocycles. The highest BCUT2D eigenvalue weighted by Gasteiger charge is 2.24. The van der Waals surface area contributed by atoms with E-state index in [0.717, 1.165) is 11.3 Å². The van der Waals surface area contributed by atoms with Crippen LogP contribution >= 0.6 is 11.3 Å². The van der Waals surface area contributed by atoms with Gasteiger partial charge in [0.25, 0.3) is 5.91 Å². The summed E-state index contributed by atoms with van der Waals surface area (Å²) in [5, 5.41) is 16.8. The quantitative estimate of drug-likeness (QED) is 0.791. The molecule has 2 aromatic rings. The van der Waals surface area contributed by atoms with Crippen molar-refractivity contribution in [3.05, 3.63) is 45.9 Å². The molecule has 4 nitrogen and oxygen atoms in total. The first-order chi connectivity index (χ1) is 8.50. The Balaban J connectivity index is 2.00. The SMILES string of the molecule is Cc1[nH]ccc1C(=O)NCC(C)(O)c1ccsc1. The molecule has 0 spiro atoms. The summed E-state index contributed by atoms with van der Waals surface area (Å²) in [6.45, 7) is 3.72. The highest BCUT2D eigenvalue weighted by molar-refractivity contribution is 7.08. The maximum absolute atomic E-state index is 11.9. The summed E-state index contributed by atoms with van der Waals surface area (Å²) >= 11 is 1.52. The largest absolute Gasteiger partial charge is 0.384 e. The fraction of sp³-hybridized carbons (Fsp3) is 0.308. The molecule has 0 aliphatic rings. The lowest BCUT2D eigenvalue weighted by atomic mass is 9.99. The summed E-state index contributed by atoms with van der Waals surface area (Å²) in [5.41, 5.74) is 1.21. The summed E-state index contributed by atoms with van der Waals surface area (Å²) in [7, 11) is 0. The van der Waals surface area contributed by atoms with Crippen LogP contribution < -0.4 is 5.32 Å². The molecule has 0 aliphatic carbocycles. The van der Waals surface area contributed by atoms with Crippen LogP contribution in [0.2, 0.25) is 0 Å². The molecule has 0 aliphatic heterocycles. The van der Waals surface area contributed by atoms with Gasteiger partial charge < -0.3 is 15.4 Å². The van der Waals surface area contributed by atoms with E-state index in [1.807, 2.05) is 23.8 Å². The van der Waals surface area contributed by atoms with Crippen LogP contribution in [0.15, 0.2) is 29.1 Å². The second-order valence-electron chi connectivity index (χ2n) is 4.48. The van der Waals surface area contributed by atoms with E-state index >= 15 is 0 Å². The number of amides is 1. The lowest BCUT2D eigenvalue weighted by Crippen LogP contribution is -2.38. The fourth-order valence-electron chi connectivity index (χ4n) is 1.72. The number of aromatic nitrogens is 1. The van der Waals surface area contributed by atoms with Gasteiger partial charge in [0.05, 0.1) is 12.1 Å². The number of rotatable bonds is 4. The number of nitrogens with one attached hydrogen (secondary N) is 2. The van der Waals surface area contributed by atoms with E-state index in [2.05, 4.69) is 10.3 Å². The molecule has 2 aromatic heterocycles. The van der Waals surface area contributed by atoms with Crippen LogP contribution in [-0.2, 0) is 5.60 Å². The molecule has 0 saturated carbocycles. The van der Waals surface area contributed by atoms with Crippen LogP contribution in [0.25, 0.3) is 0 Å². The molecular weight excluding hydrogens is 248 g/mol. The molecule has 0 saturated heterocycles. The molecule has 2 rings (SSSR count). The third-order valence-corrected chi connectivity index (χ3v) is 3.62. The molecule has 0 aromatic carbocycles. The number of thiophene rings is 1. The monoisotopic (exact) mass is 264 g/mol. The van der Waals surface area contributed by atoms with Crippen LogP contribution in [0, 0.1) is 6.92 Å². The number of hydrogen-bond acceptors (Lipinski definition) is 3. The predicted molar refractivity (Wildman–Crippen MR) is 71.8 cm³/mol. The Morgan fingerprint density at radius 1 is 1.56 bits per heavy atom. The second kappa shape index (κ2) is 4.96. The Labute approximate surface area is 110 Å². The zero-order valence-electron chi connectivity index (χ0n) is 10.4. The van der Waals surface area contributed by atoms with E-state index in [-0.39, 0.29) is 12.5 Å². The zero-order valence-corrected chi connectivity index (χ0v) is 11.2. The summed E-state index contributed by atoms with van der Waals surface area (Å²) in [6, 6.07) is 3.59. The van der Waals surface area contributed by atoms with Gasteiger partial charge in [-0.3, -0.25) is 4.79 Å². The van der Waals surface area contributed by atoms with Crippen molar-refractivity contribution < 1.29 is 9.90 Å². The Morgan fingerprint density at radius 2 is 2.33 bits per heavy atom. The van der Waals surface area contributed by atoms with Crippen LogP contribution in [0.3, 0.4) is 0 Å². The lowest BCUT2D eigenvalue weighted by molar-refractivity contribution is 0.0530. The van der Waals surface area contributed by atoms with E-state index in [1.165, 1.54) is 11.3 Å². The average Bonchev–Trinajstić information content (AvgIpc) is 2.96. The third-order valence-electron chi connectivity index (χ3n) is 2.93. The molecule has 0 bridgehead atoms. The first-order valence-corrected chi connectivity index (χ1v) is 6.62. The van der Waals surface area contributed by atoms with Gasteiger partial charge in [-0.1, -0.05) is 0 Å². The van der Waals surface area contributed by atoms with Gasteiger partial charge in [0, 0.05) is 11.9 Å². The van der Waals surface area contributed by atoms with Crippen molar-refractivity contribution in [2.45, 2.75) is 19.4 Å². The summed E-state index contributed by atoms with van der Waals surface area (Å²) < 4.78 is 0. The van der Waals surface area contributed by atoms with E-state index < -0.39 is 5.60 Å². The van der Waals surface area contributed by atoms with E-state index in [0.29, 0.717) is 5.56 Å². The van der Waals surface area contributed by atoms with Crippen molar-refractivity contribution >= 4 is 17.2 Å². The van der Waals surface area contributed by atoms with Crippen LogP contribution in [0.5, 0.6) is 0 Å². The number of H-pyrrole nitrogens is 1. The first kappa shape index (κ1) is 12.9. The highest BCUT2D eigenvalue weighted by atomic mass is 32.1. The summed E-state index contributed by atoms with van der Waals surface area (Å²) in [4.78, 5) is 14.9. The first-order valence-electron chi connectivity index (χ1n) is 5.68. The van der Waals surface area contributed by atoms with Crippen molar-refractivity contribution in [3.8, 4) is 0 Å². The van der Waals surface area contributed by atoms with Gasteiger partial charge in [0.2, 0.25) is 0 Å². The molecule has 1 unspecified atom stereocenters. The van der Waals surface area contributed by atoms with E-state index in [1.54, 1.807) is 19.2 Å². The van der Waals surface area contributed by atoms with Crippen molar-refractivity contribution in [3.63, 3.8) is 0 Å². The number of hydrogen-bond donors (Lipinski definition) is 3. The summed E-state index contributed by atoms with van der Waals surface area (Å²) in [5.74, 6) is -0.177. The normalized spacial score (nSPS) is 14.2. The van der Waals surface area contributed by atoms with Gasteiger partial charge in [-0.05, 0) is 42.3 Å². The van der Waals surface area contributed by atoms with Gasteiger partial charge in [0.1, 0.15) is 5.60 Å². The van der Waals surface area contributed by atoms with Crippen molar-refractivity contribution in [2.24, 2.45) is 0 Å². The van der Waals surface area contributed by atoms with E-state index in [4.69, 9.17) is 0 Å². The number of aromatic amines is 1. The van der Waals surface area contributed by atoms with Crippen LogP contribution in [0.4, 0.5) is 0 Å². The lowest BCUT2D eigenvalue weighted by Gasteiger charge is -2.22. The Hall–Kier alpha value is -1.59. The molecular formula is C13H16N2O2S. The molecule has 3 N–H and O–H groups in total. The maximum atomic E-state index is 11.9. The third kappa shape index (κ3) is 2.63. The number of carbonyl (C=O) groups excluding carboxylic acids is 1. The minimum Gasteiger partial charge on any atom is -0.384 e. The molecule has 0 radical (unpaired) electrons. The zero-order chi connectivity index (χ0) is 13.2. The van der Waals surface area contributed by atoms with Gasteiger partial charge in [-0.25, -0.2) is 0 Å². The number of carbonyl (C=O) groups is 1. The van der Waals surface area contributed by atoms with Gasteiger partial charge in [-0.15, -0.1) is 0 Å². The second-order valence-corrected chi connectivity index (χ2v) is 5.26. The molecule has 1 atom stereocenters. The highest BCUT2D eigenvalue weighted by Crippen LogP contribution is 2.22. The number of aliphatic hydroxyl groups is 1. The molecule has 1 amide bonds. The van der Waals surface area contributed by atoms with Crippen LogP contribution in [-0.4, -0.2) is 22.5 Å². The van der Waals surface area contributed by atoms with Crippen molar-refractivity contribution in [1.82, 2.24) is 10.3 Å². The standard InChI is InChI=1S/C13H16N2O2S/c1-9-11(3-5-14-9)12(16)15-8-13(2,17)10-4-6-18-7-10/h3-7,14,17H,8H2,1-2H3,(H,15,16). The van der Waals surface area contributed by atoms with Crippen molar-refractivity contribution in [2.75, 3.05) is 6.54 Å². The average molecular weight is 264 g/mol. The molecule has 18 heavy (non-hydrogen) atoms. The summed E-state index contributed by atoms with van der Waals surface area (Å²) in [6.07, 6.45) is 1.72. The number of aryl methyl sites for hydroxylation is 1. The van der Waals surface area contributed by atoms with E-state index in [9.17, 15) is 9.90 Å². The minimum absolute atomic E-state index is 0.177. The van der Waals surface area contributed by atoms with Gasteiger partial charge >= 0.3 is 0 Å². The Kier molecular flexibility index (Phi) is 3.54. The molecule has 5 heteroatoms. The smallest absolute Gasteiger partial charge is 0.253 e. The van der Waals surface area contributed by atoms with Crippen molar-refractivity contribution in [1.29, 1.82) is 0 Å². The van der Waals surface area contributed by atoms with Crippen LogP contribution in [0.1, 0.15) is 28.5 Å². The maximum Gasteiger partial charge on any atom is 0.253 e. The Morgan fingerprint density at radius 3 is 2.89 bits per heavy atom. The Bertz CT molecular complexity index is 529. The minimum atomic E-state index is -1.04. The topological polar surface area (TPSA) is 65.1 Å². The fourth-order valence-corrected chi connectivity index (χ4v) is 2.50. The predicted octanol–water partition coefficient (Wildman–Crippen LogP) is 2.02. The van der Waals surface area contributed by atoms with Gasteiger partial charge in [0.15, 0.2) is 0 Å². The molecule has 0 fully saturated rings. The van der Waals surface area contributed by atoms with Gasteiger partial charge in [-0.2, -0.15) is 11.3 Å².